The molecule has 3 heterocycles. The third-order valence-electron chi connectivity index (χ3n) is 4.96. The van der Waals surface area contributed by atoms with Crippen LogP contribution in [0.1, 0.15) is 21.9 Å². The van der Waals surface area contributed by atoms with Gasteiger partial charge < -0.3 is 14.2 Å². The molecule has 1 amide bonds. The van der Waals surface area contributed by atoms with Gasteiger partial charge in [0.1, 0.15) is 17.0 Å². The van der Waals surface area contributed by atoms with Crippen LogP contribution in [0.25, 0.3) is 10.9 Å². The number of carbonyl (C=O) groups is 1. The summed E-state index contributed by atoms with van der Waals surface area (Å²) in [5.74, 6) is 0.926. The van der Waals surface area contributed by atoms with E-state index in [4.69, 9.17) is 16.0 Å². The van der Waals surface area contributed by atoms with Gasteiger partial charge in [0.2, 0.25) is 0 Å². The molecule has 1 saturated heterocycles. The molecular formula is C20H19ClFN3O2. The molecule has 7 heteroatoms. The molecule has 1 aliphatic rings. The fourth-order valence-electron chi connectivity index (χ4n) is 3.55. The molecule has 3 aromatic rings. The maximum Gasteiger partial charge on any atom is 0.257 e. The summed E-state index contributed by atoms with van der Waals surface area (Å²) in [5, 5.41) is 1.08. The molecule has 0 N–H and O–H groups in total. The minimum atomic E-state index is -0.379. The minimum Gasteiger partial charge on any atom is -0.466 e. The van der Waals surface area contributed by atoms with Gasteiger partial charge in [-0.05, 0) is 38.1 Å². The summed E-state index contributed by atoms with van der Waals surface area (Å²) in [6, 6.07) is 6.93. The molecule has 0 aliphatic carbocycles. The molecule has 1 aliphatic heterocycles. The molecule has 0 saturated carbocycles. The fraction of sp³-hybridized carbons (Fsp3) is 0.300. The van der Waals surface area contributed by atoms with E-state index in [0.29, 0.717) is 53.6 Å². The summed E-state index contributed by atoms with van der Waals surface area (Å²) in [6.45, 7) is 5.74. The Bertz CT molecular complexity index is 1030. The number of amides is 1. The van der Waals surface area contributed by atoms with E-state index in [0.717, 1.165) is 5.76 Å². The van der Waals surface area contributed by atoms with E-state index in [9.17, 15) is 9.18 Å². The second-order valence-electron chi connectivity index (χ2n) is 6.69. The van der Waals surface area contributed by atoms with Gasteiger partial charge in [0.05, 0.1) is 16.3 Å². The van der Waals surface area contributed by atoms with Crippen molar-refractivity contribution in [3.8, 4) is 0 Å². The van der Waals surface area contributed by atoms with Gasteiger partial charge in [0, 0.05) is 37.8 Å². The Morgan fingerprint density at radius 2 is 1.93 bits per heavy atom. The molecule has 4 rings (SSSR count). The van der Waals surface area contributed by atoms with Crippen LogP contribution in [0.15, 0.2) is 34.9 Å². The van der Waals surface area contributed by atoms with E-state index in [1.54, 1.807) is 36.1 Å². The van der Waals surface area contributed by atoms with Gasteiger partial charge in [-0.3, -0.25) is 9.78 Å². The van der Waals surface area contributed by atoms with Crippen molar-refractivity contribution in [3.63, 3.8) is 0 Å². The molecule has 27 heavy (non-hydrogen) atoms. The Kier molecular flexibility index (Phi) is 4.52. The zero-order valence-electron chi connectivity index (χ0n) is 15.1. The number of rotatable bonds is 2. The Morgan fingerprint density at radius 1 is 1.19 bits per heavy atom. The SMILES string of the molecule is Cc1cc(C(=O)N2CCN(c3ccc4c(Cl)ccnc4c3F)CC2)c(C)o1. The number of fused-ring (bicyclic) bond motifs is 1. The molecular weight excluding hydrogens is 369 g/mol. The highest BCUT2D eigenvalue weighted by Crippen LogP contribution is 2.30. The molecule has 5 nitrogen and oxygen atoms in total. The van der Waals surface area contributed by atoms with Crippen LogP contribution in [0.3, 0.4) is 0 Å². The molecule has 1 fully saturated rings. The van der Waals surface area contributed by atoms with E-state index in [1.807, 2.05) is 11.8 Å². The van der Waals surface area contributed by atoms with E-state index >= 15 is 0 Å². The van der Waals surface area contributed by atoms with Crippen molar-refractivity contribution in [1.29, 1.82) is 0 Å². The second kappa shape index (κ2) is 6.85. The highest BCUT2D eigenvalue weighted by atomic mass is 35.5. The number of furan rings is 1. The number of aryl methyl sites for hydroxylation is 2. The summed E-state index contributed by atoms with van der Waals surface area (Å²) in [7, 11) is 0. The molecule has 0 bridgehead atoms. The largest absolute Gasteiger partial charge is 0.466 e. The van der Waals surface area contributed by atoms with Crippen LogP contribution in [0.5, 0.6) is 0 Å². The van der Waals surface area contributed by atoms with Gasteiger partial charge in [0.15, 0.2) is 5.82 Å². The topological polar surface area (TPSA) is 49.6 Å². The Labute approximate surface area is 161 Å². The van der Waals surface area contributed by atoms with Crippen molar-refractivity contribution >= 4 is 34.1 Å². The van der Waals surface area contributed by atoms with Crippen LogP contribution in [-0.4, -0.2) is 42.0 Å². The Hall–Kier alpha value is -2.60. The van der Waals surface area contributed by atoms with E-state index in [1.165, 1.54) is 6.20 Å². The van der Waals surface area contributed by atoms with Crippen LogP contribution in [-0.2, 0) is 0 Å². The van der Waals surface area contributed by atoms with Crippen LogP contribution in [0.2, 0.25) is 5.02 Å². The number of nitrogens with zero attached hydrogens (tertiary/aromatic N) is 3. The summed E-state index contributed by atoms with van der Waals surface area (Å²) in [6.07, 6.45) is 1.50. The third kappa shape index (κ3) is 3.14. The van der Waals surface area contributed by atoms with Gasteiger partial charge in [-0.1, -0.05) is 11.6 Å². The maximum atomic E-state index is 15.0. The molecule has 2 aromatic heterocycles. The normalized spacial score (nSPS) is 14.8. The number of hydrogen-bond donors (Lipinski definition) is 0. The first-order valence-electron chi connectivity index (χ1n) is 8.79. The van der Waals surface area contributed by atoms with Gasteiger partial charge in [-0.2, -0.15) is 0 Å². The zero-order chi connectivity index (χ0) is 19.1. The zero-order valence-corrected chi connectivity index (χ0v) is 15.9. The predicted octanol–water partition coefficient (Wildman–Crippen LogP) is 4.20. The minimum absolute atomic E-state index is 0.0450. The number of benzene rings is 1. The number of pyridine rings is 1. The van der Waals surface area contributed by atoms with Gasteiger partial charge in [-0.25, -0.2) is 4.39 Å². The summed E-state index contributed by atoms with van der Waals surface area (Å²) in [5.41, 5.74) is 1.35. The van der Waals surface area contributed by atoms with Crippen LogP contribution in [0.4, 0.5) is 10.1 Å². The quantitative estimate of drug-likeness (QED) is 0.661. The monoisotopic (exact) mass is 387 g/mol. The van der Waals surface area contributed by atoms with Crippen molar-refractivity contribution in [3.05, 3.63) is 58.4 Å². The van der Waals surface area contributed by atoms with E-state index < -0.39 is 0 Å². The smallest absolute Gasteiger partial charge is 0.257 e. The van der Waals surface area contributed by atoms with Crippen molar-refractivity contribution in [2.24, 2.45) is 0 Å². The Balaban J connectivity index is 1.53. The lowest BCUT2D eigenvalue weighted by Crippen LogP contribution is -2.49. The number of carbonyl (C=O) groups excluding carboxylic acids is 1. The van der Waals surface area contributed by atoms with Gasteiger partial charge in [-0.15, -0.1) is 0 Å². The number of halogens is 2. The van der Waals surface area contributed by atoms with Gasteiger partial charge >= 0.3 is 0 Å². The number of aromatic nitrogens is 1. The van der Waals surface area contributed by atoms with Crippen molar-refractivity contribution in [1.82, 2.24) is 9.88 Å². The van der Waals surface area contributed by atoms with Crippen molar-refractivity contribution in [2.45, 2.75) is 13.8 Å². The van der Waals surface area contributed by atoms with E-state index in [-0.39, 0.29) is 17.2 Å². The molecule has 0 radical (unpaired) electrons. The first-order chi connectivity index (χ1) is 13.0. The first-order valence-corrected chi connectivity index (χ1v) is 9.17. The predicted molar refractivity (Wildman–Crippen MR) is 103 cm³/mol. The standard InChI is InChI=1S/C20H19ClFN3O2/c1-12-11-15(13(2)27-12)20(26)25-9-7-24(8-10-25)17-4-3-14-16(21)5-6-23-19(14)18(17)22/h3-6,11H,7-10H2,1-2H3. The summed E-state index contributed by atoms with van der Waals surface area (Å²) in [4.78, 5) is 20.6. The number of anilines is 1. The molecule has 140 valence electrons. The summed E-state index contributed by atoms with van der Waals surface area (Å²) >= 11 is 6.12. The lowest BCUT2D eigenvalue weighted by Gasteiger charge is -2.36. The average molecular weight is 388 g/mol. The Morgan fingerprint density at radius 3 is 2.59 bits per heavy atom. The molecule has 1 aromatic carbocycles. The number of hydrogen-bond acceptors (Lipinski definition) is 4. The average Bonchev–Trinajstić information content (AvgIpc) is 3.00. The summed E-state index contributed by atoms with van der Waals surface area (Å²) < 4.78 is 20.4. The molecule has 0 atom stereocenters. The first kappa shape index (κ1) is 17.8. The highest BCUT2D eigenvalue weighted by Gasteiger charge is 2.26. The van der Waals surface area contributed by atoms with Crippen molar-refractivity contribution < 1.29 is 13.6 Å². The highest BCUT2D eigenvalue weighted by molar-refractivity contribution is 6.35. The number of piperazine rings is 1. The van der Waals surface area contributed by atoms with Crippen LogP contribution >= 0.6 is 11.6 Å². The van der Waals surface area contributed by atoms with Crippen LogP contribution < -0.4 is 4.90 Å². The third-order valence-corrected chi connectivity index (χ3v) is 5.29. The molecule has 0 spiro atoms. The van der Waals surface area contributed by atoms with Crippen molar-refractivity contribution in [2.75, 3.05) is 31.1 Å². The maximum absolute atomic E-state index is 15.0. The van der Waals surface area contributed by atoms with Crippen LogP contribution in [0, 0.1) is 19.7 Å². The fourth-order valence-corrected chi connectivity index (χ4v) is 3.76. The molecule has 0 unspecified atom stereocenters. The lowest BCUT2D eigenvalue weighted by atomic mass is 10.1. The van der Waals surface area contributed by atoms with E-state index in [2.05, 4.69) is 4.98 Å². The lowest BCUT2D eigenvalue weighted by molar-refractivity contribution is 0.0745. The second-order valence-corrected chi connectivity index (χ2v) is 7.10. The van der Waals surface area contributed by atoms with Gasteiger partial charge in [0.25, 0.3) is 5.91 Å².